The van der Waals surface area contributed by atoms with Gasteiger partial charge in [-0.05, 0) is 31.5 Å². The molecule has 1 aromatic carbocycles. The predicted molar refractivity (Wildman–Crippen MR) is 93.8 cm³/mol. The molecule has 1 aliphatic heterocycles. The monoisotopic (exact) mass is 387 g/mol. The summed E-state index contributed by atoms with van der Waals surface area (Å²) in [5.74, 6) is -0.734. The van der Waals surface area contributed by atoms with E-state index in [0.717, 1.165) is 0 Å². The quantitative estimate of drug-likeness (QED) is 0.844. The normalized spacial score (nSPS) is 19.7. The van der Waals surface area contributed by atoms with Crippen molar-refractivity contribution < 1.29 is 22.0 Å². The van der Waals surface area contributed by atoms with E-state index in [1.807, 2.05) is 6.07 Å². The van der Waals surface area contributed by atoms with E-state index in [-0.39, 0.29) is 37.0 Å². The van der Waals surface area contributed by atoms with E-state index in [2.05, 4.69) is 0 Å². The molecule has 0 radical (unpaired) electrons. The SMILES string of the molecule is CC(C)S(=O)(=O)Cc1ccc(F)cc1.N#CC1CC(F)CN1C(=O)CN. The molecule has 1 amide bonds. The highest BCUT2D eigenvalue weighted by atomic mass is 32.2. The molecule has 1 fully saturated rings. The molecule has 6 nitrogen and oxygen atoms in total. The lowest BCUT2D eigenvalue weighted by molar-refractivity contribution is -0.129. The highest BCUT2D eigenvalue weighted by Gasteiger charge is 2.34. The topological polar surface area (TPSA) is 104 Å². The van der Waals surface area contributed by atoms with Crippen molar-refractivity contribution in [3.63, 3.8) is 0 Å². The Morgan fingerprint density at radius 2 is 1.96 bits per heavy atom. The first kappa shape index (κ1) is 22.0. The molecule has 1 saturated heterocycles. The number of benzene rings is 1. The second kappa shape index (κ2) is 9.59. The molecular weight excluding hydrogens is 364 g/mol. The zero-order chi connectivity index (χ0) is 19.9. The molecule has 0 aliphatic carbocycles. The number of alkyl halides is 1. The lowest BCUT2D eigenvalue weighted by Crippen LogP contribution is -2.39. The molecule has 26 heavy (non-hydrogen) atoms. The number of hydrogen-bond donors (Lipinski definition) is 1. The number of halogens is 2. The van der Waals surface area contributed by atoms with E-state index >= 15 is 0 Å². The summed E-state index contributed by atoms with van der Waals surface area (Å²) in [6.45, 7) is 3.12. The highest BCUT2D eigenvalue weighted by molar-refractivity contribution is 7.91. The van der Waals surface area contributed by atoms with Crippen LogP contribution in [0.25, 0.3) is 0 Å². The van der Waals surface area contributed by atoms with Crippen LogP contribution in [0.3, 0.4) is 0 Å². The van der Waals surface area contributed by atoms with Crippen molar-refractivity contribution in [2.75, 3.05) is 13.1 Å². The molecule has 1 aliphatic rings. The summed E-state index contributed by atoms with van der Waals surface area (Å²) in [6.07, 6.45) is -0.965. The molecule has 1 heterocycles. The van der Waals surface area contributed by atoms with E-state index in [1.54, 1.807) is 13.8 Å². The second-order valence-electron chi connectivity index (χ2n) is 6.21. The summed E-state index contributed by atoms with van der Waals surface area (Å²) in [7, 11) is -3.09. The van der Waals surface area contributed by atoms with Gasteiger partial charge in [0, 0.05) is 6.42 Å². The van der Waals surface area contributed by atoms with Crippen LogP contribution in [0.2, 0.25) is 0 Å². The van der Waals surface area contributed by atoms with E-state index in [1.165, 1.54) is 29.2 Å². The average molecular weight is 387 g/mol. The fourth-order valence-corrected chi connectivity index (χ4v) is 3.27. The van der Waals surface area contributed by atoms with Crippen molar-refractivity contribution in [3.05, 3.63) is 35.6 Å². The summed E-state index contributed by atoms with van der Waals surface area (Å²) in [4.78, 5) is 12.2. The Morgan fingerprint density at radius 3 is 2.42 bits per heavy atom. The van der Waals surface area contributed by atoms with E-state index < -0.39 is 27.3 Å². The molecule has 0 bridgehead atoms. The number of carbonyl (C=O) groups excluding carboxylic acids is 1. The van der Waals surface area contributed by atoms with Crippen LogP contribution in [0.4, 0.5) is 8.78 Å². The van der Waals surface area contributed by atoms with Gasteiger partial charge in [-0.15, -0.1) is 0 Å². The zero-order valence-corrected chi connectivity index (χ0v) is 15.5. The Bertz CT molecular complexity index is 746. The summed E-state index contributed by atoms with van der Waals surface area (Å²) < 4.78 is 48.2. The molecule has 0 spiro atoms. The number of carbonyl (C=O) groups is 1. The molecule has 144 valence electrons. The van der Waals surface area contributed by atoms with Gasteiger partial charge in [-0.2, -0.15) is 5.26 Å². The van der Waals surface area contributed by atoms with Crippen LogP contribution in [0.15, 0.2) is 24.3 Å². The van der Waals surface area contributed by atoms with Gasteiger partial charge in [0.2, 0.25) is 5.91 Å². The molecule has 2 unspecified atom stereocenters. The molecule has 0 aromatic heterocycles. The Hall–Kier alpha value is -2.05. The number of rotatable bonds is 4. The number of sulfone groups is 1. The number of amides is 1. The number of likely N-dealkylation sites (tertiary alicyclic amines) is 1. The molecule has 0 saturated carbocycles. The lowest BCUT2D eigenvalue weighted by atomic mass is 10.2. The van der Waals surface area contributed by atoms with Gasteiger partial charge in [-0.25, -0.2) is 17.2 Å². The lowest BCUT2D eigenvalue weighted by Gasteiger charge is -2.17. The minimum Gasteiger partial charge on any atom is -0.323 e. The minimum atomic E-state index is -3.09. The average Bonchev–Trinajstić information content (AvgIpc) is 2.97. The van der Waals surface area contributed by atoms with E-state index in [4.69, 9.17) is 11.0 Å². The fourth-order valence-electron chi connectivity index (χ4n) is 2.28. The molecule has 1 aromatic rings. The highest BCUT2D eigenvalue weighted by Crippen LogP contribution is 2.19. The number of nitrogens with two attached hydrogens (primary N) is 1. The molecule has 9 heteroatoms. The third-order valence-electron chi connectivity index (χ3n) is 3.89. The smallest absolute Gasteiger partial charge is 0.237 e. The van der Waals surface area contributed by atoms with Crippen molar-refractivity contribution in [2.24, 2.45) is 5.73 Å². The van der Waals surface area contributed by atoms with Gasteiger partial charge in [-0.3, -0.25) is 4.79 Å². The zero-order valence-electron chi connectivity index (χ0n) is 14.7. The summed E-state index contributed by atoms with van der Waals surface area (Å²) >= 11 is 0. The van der Waals surface area contributed by atoms with Crippen molar-refractivity contribution in [1.82, 2.24) is 4.90 Å². The van der Waals surface area contributed by atoms with Crippen LogP contribution in [0.5, 0.6) is 0 Å². The van der Waals surface area contributed by atoms with E-state index in [0.29, 0.717) is 5.56 Å². The van der Waals surface area contributed by atoms with Crippen LogP contribution in [-0.2, 0) is 20.4 Å². The van der Waals surface area contributed by atoms with Gasteiger partial charge in [0.15, 0.2) is 9.84 Å². The maximum atomic E-state index is 12.7. The van der Waals surface area contributed by atoms with Crippen molar-refractivity contribution in [3.8, 4) is 6.07 Å². The predicted octanol–water partition coefficient (Wildman–Crippen LogP) is 1.56. The maximum Gasteiger partial charge on any atom is 0.237 e. The molecule has 2 N–H and O–H groups in total. The summed E-state index contributed by atoms with van der Waals surface area (Å²) in [5.41, 5.74) is 5.72. The van der Waals surface area contributed by atoms with E-state index in [9.17, 15) is 22.0 Å². The van der Waals surface area contributed by atoms with Gasteiger partial charge in [-0.1, -0.05) is 12.1 Å². The van der Waals surface area contributed by atoms with Crippen LogP contribution in [0.1, 0.15) is 25.8 Å². The van der Waals surface area contributed by atoms with Gasteiger partial charge < -0.3 is 10.6 Å². The summed E-state index contributed by atoms with van der Waals surface area (Å²) in [5, 5.41) is 8.15. The van der Waals surface area contributed by atoms with Gasteiger partial charge in [0.25, 0.3) is 0 Å². The first-order chi connectivity index (χ1) is 12.1. The Balaban J connectivity index is 0.000000263. The van der Waals surface area contributed by atoms with Crippen LogP contribution < -0.4 is 5.73 Å². The molecular formula is C17H23F2N3O3S. The van der Waals surface area contributed by atoms with Crippen molar-refractivity contribution >= 4 is 15.7 Å². The summed E-state index contributed by atoms with van der Waals surface area (Å²) in [6, 6.07) is 6.77. The van der Waals surface area contributed by atoms with Crippen LogP contribution in [-0.4, -0.2) is 49.8 Å². The fraction of sp³-hybridized carbons (Fsp3) is 0.529. The first-order valence-electron chi connectivity index (χ1n) is 8.10. The Morgan fingerprint density at radius 1 is 1.38 bits per heavy atom. The third kappa shape index (κ3) is 6.35. The van der Waals surface area contributed by atoms with Gasteiger partial charge in [0.1, 0.15) is 18.0 Å². The number of nitriles is 1. The van der Waals surface area contributed by atoms with Crippen molar-refractivity contribution in [2.45, 2.75) is 43.5 Å². The number of nitrogens with zero attached hydrogens (tertiary/aromatic N) is 2. The van der Waals surface area contributed by atoms with Crippen molar-refractivity contribution in [1.29, 1.82) is 5.26 Å². The molecule has 2 atom stereocenters. The van der Waals surface area contributed by atoms with Crippen LogP contribution >= 0.6 is 0 Å². The largest absolute Gasteiger partial charge is 0.323 e. The maximum absolute atomic E-state index is 12.7. The number of hydrogen-bond acceptors (Lipinski definition) is 5. The Kier molecular flexibility index (Phi) is 8.11. The van der Waals surface area contributed by atoms with Gasteiger partial charge in [0.05, 0.1) is 30.2 Å². The third-order valence-corrected chi connectivity index (χ3v) is 6.07. The first-order valence-corrected chi connectivity index (χ1v) is 9.81. The minimum absolute atomic E-state index is 0.00819. The molecule has 2 rings (SSSR count). The van der Waals surface area contributed by atoms with Gasteiger partial charge >= 0.3 is 0 Å². The second-order valence-corrected chi connectivity index (χ2v) is 8.77. The standard InChI is InChI=1S/C10H13FO2S.C7H10FN3O/c1-8(2)14(12,13)7-9-3-5-10(11)6-4-9;8-5-1-6(2-9)11(4-5)7(12)3-10/h3-6,8H,7H2,1-2H3;5-6H,1,3-4,10H2. The van der Waals surface area contributed by atoms with Crippen LogP contribution in [0, 0.1) is 17.1 Å². The Labute approximate surface area is 152 Å².